The Morgan fingerprint density at radius 2 is 1.93 bits per heavy atom. The van der Waals surface area contributed by atoms with Gasteiger partial charge in [-0.2, -0.15) is 5.26 Å². The Morgan fingerprint density at radius 3 is 2.53 bits per heavy atom. The molecule has 0 amide bonds. The molecule has 0 aliphatic carbocycles. The van der Waals surface area contributed by atoms with Crippen LogP contribution in [0.3, 0.4) is 0 Å². The quantitative estimate of drug-likeness (QED) is 0.703. The number of benzene rings is 1. The van der Waals surface area contributed by atoms with Crippen LogP contribution in [0.4, 0.5) is 10.1 Å². The fraction of sp³-hybridized carbons (Fsp3) is 0.417. The number of hydrogen-bond donors (Lipinski definition) is 0. The molecule has 78 valence electrons. The van der Waals surface area contributed by atoms with E-state index in [1.165, 1.54) is 25.3 Å². The molecule has 0 radical (unpaired) electrons. The van der Waals surface area contributed by atoms with Crippen molar-refractivity contribution in [1.82, 2.24) is 0 Å². The van der Waals surface area contributed by atoms with Gasteiger partial charge in [-0.3, -0.25) is 0 Å². The minimum atomic E-state index is -0.416. The van der Waals surface area contributed by atoms with Crippen LogP contribution in [0.15, 0.2) is 18.2 Å². The maximum absolute atomic E-state index is 13.4. The van der Waals surface area contributed by atoms with Gasteiger partial charge < -0.3 is 4.90 Å². The van der Waals surface area contributed by atoms with E-state index < -0.39 is 5.82 Å². The molecular formula is C12H13FN2. The van der Waals surface area contributed by atoms with Gasteiger partial charge in [-0.05, 0) is 37.5 Å². The standard InChI is InChI=1S/C12H13FN2/c13-12-8-11(5-4-10(12)9-14)15-6-2-1-3-7-15/h4-5,8H,1-3,6-7H2. The molecule has 1 saturated heterocycles. The van der Waals surface area contributed by atoms with Crippen molar-refractivity contribution >= 4 is 5.69 Å². The highest BCUT2D eigenvalue weighted by Gasteiger charge is 2.12. The second kappa shape index (κ2) is 4.31. The highest BCUT2D eigenvalue weighted by atomic mass is 19.1. The minimum Gasteiger partial charge on any atom is -0.371 e. The summed E-state index contributed by atoms with van der Waals surface area (Å²) in [6.45, 7) is 1.98. The summed E-state index contributed by atoms with van der Waals surface area (Å²) < 4.78 is 13.4. The van der Waals surface area contributed by atoms with E-state index in [2.05, 4.69) is 4.90 Å². The molecule has 2 nitrogen and oxygen atoms in total. The van der Waals surface area contributed by atoms with Gasteiger partial charge in [-0.1, -0.05) is 0 Å². The molecule has 2 rings (SSSR count). The van der Waals surface area contributed by atoms with E-state index in [0.717, 1.165) is 18.8 Å². The van der Waals surface area contributed by atoms with E-state index in [1.54, 1.807) is 6.07 Å². The summed E-state index contributed by atoms with van der Waals surface area (Å²) in [5.41, 5.74) is 1.02. The highest BCUT2D eigenvalue weighted by Crippen LogP contribution is 2.21. The number of anilines is 1. The van der Waals surface area contributed by atoms with E-state index in [9.17, 15) is 4.39 Å². The van der Waals surface area contributed by atoms with E-state index in [1.807, 2.05) is 12.1 Å². The average molecular weight is 204 g/mol. The average Bonchev–Trinajstić information content (AvgIpc) is 2.30. The van der Waals surface area contributed by atoms with Crippen LogP contribution in [0.25, 0.3) is 0 Å². The summed E-state index contributed by atoms with van der Waals surface area (Å²) in [5, 5.41) is 8.62. The number of halogens is 1. The lowest BCUT2D eigenvalue weighted by Crippen LogP contribution is -2.29. The summed E-state index contributed by atoms with van der Waals surface area (Å²) in [6, 6.07) is 6.68. The third-order valence-electron chi connectivity index (χ3n) is 2.79. The van der Waals surface area contributed by atoms with Crippen molar-refractivity contribution in [1.29, 1.82) is 5.26 Å². The van der Waals surface area contributed by atoms with Crippen LogP contribution in [-0.2, 0) is 0 Å². The number of rotatable bonds is 1. The van der Waals surface area contributed by atoms with Gasteiger partial charge in [0.15, 0.2) is 0 Å². The largest absolute Gasteiger partial charge is 0.371 e. The van der Waals surface area contributed by atoms with Gasteiger partial charge in [0.05, 0.1) is 5.56 Å². The monoisotopic (exact) mass is 204 g/mol. The number of nitrogens with zero attached hydrogens (tertiary/aromatic N) is 2. The Kier molecular flexibility index (Phi) is 2.86. The van der Waals surface area contributed by atoms with Crippen molar-refractivity contribution in [2.75, 3.05) is 18.0 Å². The Bertz CT molecular complexity index is 389. The predicted octanol–water partition coefficient (Wildman–Crippen LogP) is 2.69. The number of hydrogen-bond acceptors (Lipinski definition) is 2. The van der Waals surface area contributed by atoms with Crippen molar-refractivity contribution in [2.45, 2.75) is 19.3 Å². The molecule has 3 heteroatoms. The molecule has 0 N–H and O–H groups in total. The van der Waals surface area contributed by atoms with Crippen LogP contribution in [0.1, 0.15) is 24.8 Å². The van der Waals surface area contributed by atoms with Crippen LogP contribution in [-0.4, -0.2) is 13.1 Å². The summed E-state index contributed by atoms with van der Waals surface area (Å²) in [7, 11) is 0. The lowest BCUT2D eigenvalue weighted by atomic mass is 10.1. The molecule has 0 aromatic heterocycles. The van der Waals surface area contributed by atoms with Crippen molar-refractivity contribution in [2.24, 2.45) is 0 Å². The number of nitriles is 1. The molecule has 0 bridgehead atoms. The normalized spacial score (nSPS) is 16.1. The molecule has 1 aromatic carbocycles. The van der Waals surface area contributed by atoms with Crippen LogP contribution in [0.2, 0.25) is 0 Å². The van der Waals surface area contributed by atoms with E-state index in [4.69, 9.17) is 5.26 Å². The fourth-order valence-corrected chi connectivity index (χ4v) is 1.94. The van der Waals surface area contributed by atoms with Gasteiger partial charge in [0.2, 0.25) is 0 Å². The van der Waals surface area contributed by atoms with Crippen molar-refractivity contribution in [3.8, 4) is 6.07 Å². The van der Waals surface area contributed by atoms with Gasteiger partial charge >= 0.3 is 0 Å². The zero-order valence-electron chi connectivity index (χ0n) is 8.54. The van der Waals surface area contributed by atoms with Gasteiger partial charge in [0, 0.05) is 18.8 Å². The van der Waals surface area contributed by atoms with Gasteiger partial charge in [-0.25, -0.2) is 4.39 Å². The zero-order chi connectivity index (χ0) is 10.7. The van der Waals surface area contributed by atoms with E-state index in [0.29, 0.717) is 0 Å². The molecule has 1 aliphatic heterocycles. The molecule has 15 heavy (non-hydrogen) atoms. The Labute approximate surface area is 88.9 Å². The Morgan fingerprint density at radius 1 is 1.20 bits per heavy atom. The van der Waals surface area contributed by atoms with E-state index in [-0.39, 0.29) is 5.56 Å². The molecular weight excluding hydrogens is 191 g/mol. The summed E-state index contributed by atoms with van der Waals surface area (Å²) >= 11 is 0. The van der Waals surface area contributed by atoms with Crippen molar-refractivity contribution in [3.63, 3.8) is 0 Å². The predicted molar refractivity (Wildman–Crippen MR) is 57.2 cm³/mol. The second-order valence-electron chi connectivity index (χ2n) is 3.82. The zero-order valence-corrected chi connectivity index (χ0v) is 8.54. The van der Waals surface area contributed by atoms with Crippen LogP contribution < -0.4 is 4.90 Å². The molecule has 0 unspecified atom stereocenters. The first kappa shape index (κ1) is 9.97. The highest BCUT2D eigenvalue weighted by molar-refractivity contribution is 5.50. The summed E-state index contributed by atoms with van der Waals surface area (Å²) in [4.78, 5) is 2.17. The third-order valence-corrected chi connectivity index (χ3v) is 2.79. The number of piperidine rings is 1. The summed E-state index contributed by atoms with van der Waals surface area (Å²) in [5.74, 6) is -0.416. The Hall–Kier alpha value is -1.56. The maximum atomic E-state index is 13.4. The smallest absolute Gasteiger partial charge is 0.143 e. The topological polar surface area (TPSA) is 27.0 Å². The second-order valence-corrected chi connectivity index (χ2v) is 3.82. The molecule has 0 saturated carbocycles. The molecule has 1 heterocycles. The molecule has 0 atom stereocenters. The first-order valence-corrected chi connectivity index (χ1v) is 5.26. The van der Waals surface area contributed by atoms with Crippen molar-refractivity contribution in [3.05, 3.63) is 29.6 Å². The lowest BCUT2D eigenvalue weighted by Gasteiger charge is -2.28. The van der Waals surface area contributed by atoms with Crippen LogP contribution in [0, 0.1) is 17.1 Å². The van der Waals surface area contributed by atoms with Gasteiger partial charge in [0.25, 0.3) is 0 Å². The molecule has 1 aliphatic rings. The SMILES string of the molecule is N#Cc1ccc(N2CCCCC2)cc1F. The van der Waals surface area contributed by atoms with E-state index >= 15 is 0 Å². The maximum Gasteiger partial charge on any atom is 0.143 e. The molecule has 0 spiro atoms. The lowest BCUT2D eigenvalue weighted by molar-refractivity contribution is 0.574. The minimum absolute atomic E-state index is 0.121. The summed E-state index contributed by atoms with van der Waals surface area (Å²) in [6.07, 6.45) is 3.60. The molecule has 1 fully saturated rings. The molecule has 1 aromatic rings. The fourth-order valence-electron chi connectivity index (χ4n) is 1.94. The van der Waals surface area contributed by atoms with Crippen LogP contribution >= 0.6 is 0 Å². The van der Waals surface area contributed by atoms with Gasteiger partial charge in [0.1, 0.15) is 11.9 Å². The van der Waals surface area contributed by atoms with Crippen molar-refractivity contribution < 1.29 is 4.39 Å². The first-order valence-electron chi connectivity index (χ1n) is 5.26. The van der Waals surface area contributed by atoms with Gasteiger partial charge in [-0.15, -0.1) is 0 Å². The first-order chi connectivity index (χ1) is 7.31. The van der Waals surface area contributed by atoms with Crippen LogP contribution in [0.5, 0.6) is 0 Å². The third kappa shape index (κ3) is 2.10. The Balaban J connectivity index is 2.22.